The summed E-state index contributed by atoms with van der Waals surface area (Å²) in [5.74, 6) is 1.62. The molecule has 0 spiro atoms. The normalized spacial score (nSPS) is 16.5. The van der Waals surface area contributed by atoms with Crippen LogP contribution in [0.5, 0.6) is 0 Å². The second-order valence-corrected chi connectivity index (χ2v) is 7.10. The predicted octanol–water partition coefficient (Wildman–Crippen LogP) is 4.73. The number of nitriles is 1. The highest BCUT2D eigenvalue weighted by Gasteiger charge is 2.22. The minimum Gasteiger partial charge on any atom is -0.354 e. The molecule has 1 aromatic heterocycles. The van der Waals surface area contributed by atoms with Gasteiger partial charge in [-0.1, -0.05) is 19.4 Å². The number of benzene rings is 1. The van der Waals surface area contributed by atoms with E-state index in [4.69, 9.17) is 9.97 Å². The second kappa shape index (κ2) is 8.18. The van der Waals surface area contributed by atoms with E-state index in [0.717, 1.165) is 48.6 Å². The molecule has 2 heterocycles. The van der Waals surface area contributed by atoms with E-state index in [9.17, 15) is 5.26 Å². The summed E-state index contributed by atoms with van der Waals surface area (Å²) < 4.78 is 0. The van der Waals surface area contributed by atoms with Crippen LogP contribution in [0.2, 0.25) is 0 Å². The van der Waals surface area contributed by atoms with E-state index >= 15 is 0 Å². The largest absolute Gasteiger partial charge is 0.354 e. The van der Waals surface area contributed by atoms with Crippen molar-refractivity contribution < 1.29 is 0 Å². The molecule has 1 aliphatic rings. The molecule has 0 aliphatic carbocycles. The molecule has 1 aromatic carbocycles. The van der Waals surface area contributed by atoms with Gasteiger partial charge in [-0.3, -0.25) is 0 Å². The zero-order valence-electron chi connectivity index (χ0n) is 15.9. The minimum atomic E-state index is 0.515. The van der Waals surface area contributed by atoms with Crippen LogP contribution >= 0.6 is 0 Å². The second-order valence-electron chi connectivity index (χ2n) is 7.10. The first-order valence-electron chi connectivity index (χ1n) is 9.53. The molecule has 5 heteroatoms. The number of anilines is 3. The van der Waals surface area contributed by atoms with E-state index in [1.165, 1.54) is 12.8 Å². The lowest BCUT2D eigenvalue weighted by atomic mass is 10.1. The molecule has 0 radical (unpaired) electrons. The lowest BCUT2D eigenvalue weighted by Crippen LogP contribution is -2.27. The Hall–Kier alpha value is -2.61. The Balaban J connectivity index is 1.91. The van der Waals surface area contributed by atoms with Gasteiger partial charge in [0.05, 0.1) is 11.6 Å². The Morgan fingerprint density at radius 2 is 2.15 bits per heavy atom. The number of hydrogen-bond acceptors (Lipinski definition) is 5. The van der Waals surface area contributed by atoms with Crippen LogP contribution < -0.4 is 10.2 Å². The van der Waals surface area contributed by atoms with Gasteiger partial charge in [0.15, 0.2) is 0 Å². The van der Waals surface area contributed by atoms with E-state index in [1.807, 2.05) is 25.1 Å². The van der Waals surface area contributed by atoms with Gasteiger partial charge in [-0.2, -0.15) is 10.2 Å². The highest BCUT2D eigenvalue weighted by Crippen LogP contribution is 2.26. The first-order valence-corrected chi connectivity index (χ1v) is 9.53. The minimum absolute atomic E-state index is 0.515. The maximum absolute atomic E-state index is 9.25. The predicted molar refractivity (Wildman–Crippen MR) is 106 cm³/mol. The lowest BCUT2D eigenvalue weighted by molar-refractivity contribution is 0.722. The molecular formula is C21H27N5. The summed E-state index contributed by atoms with van der Waals surface area (Å²) in [5, 5.41) is 12.6. The molecule has 1 aliphatic heterocycles. The lowest BCUT2D eigenvalue weighted by Gasteiger charge is -2.23. The third-order valence-corrected chi connectivity index (χ3v) is 5.01. The smallest absolute Gasteiger partial charge is 0.229 e. The van der Waals surface area contributed by atoms with Gasteiger partial charge in [0.2, 0.25) is 5.95 Å². The van der Waals surface area contributed by atoms with Crippen LogP contribution in [0, 0.1) is 18.3 Å². The van der Waals surface area contributed by atoms with Gasteiger partial charge in [0.1, 0.15) is 5.82 Å². The van der Waals surface area contributed by atoms with Crippen LogP contribution in [0.25, 0.3) is 0 Å². The van der Waals surface area contributed by atoms with E-state index in [2.05, 4.69) is 36.2 Å². The summed E-state index contributed by atoms with van der Waals surface area (Å²) in [5.41, 5.74) is 3.57. The van der Waals surface area contributed by atoms with Crippen molar-refractivity contribution >= 4 is 17.5 Å². The number of nitrogens with zero attached hydrogens (tertiary/aromatic N) is 4. The summed E-state index contributed by atoms with van der Waals surface area (Å²) in [7, 11) is 0. The molecule has 0 bridgehead atoms. The highest BCUT2D eigenvalue weighted by molar-refractivity contribution is 5.59. The maximum Gasteiger partial charge on any atom is 0.229 e. The number of hydrogen-bond donors (Lipinski definition) is 1. The van der Waals surface area contributed by atoms with Gasteiger partial charge in [-0.15, -0.1) is 0 Å². The number of nitrogens with one attached hydrogen (secondary N) is 1. The summed E-state index contributed by atoms with van der Waals surface area (Å²) in [6, 6.07) is 10.7. The zero-order chi connectivity index (χ0) is 18.5. The first kappa shape index (κ1) is 18.2. The van der Waals surface area contributed by atoms with Gasteiger partial charge in [0.25, 0.3) is 0 Å². The molecule has 1 saturated heterocycles. The topological polar surface area (TPSA) is 64.8 Å². The molecule has 0 amide bonds. The van der Waals surface area contributed by atoms with Gasteiger partial charge in [-0.25, -0.2) is 4.98 Å². The van der Waals surface area contributed by atoms with Crippen molar-refractivity contribution in [3.8, 4) is 6.07 Å². The van der Waals surface area contributed by atoms with Crippen LogP contribution in [-0.2, 0) is 6.42 Å². The van der Waals surface area contributed by atoms with Gasteiger partial charge >= 0.3 is 0 Å². The van der Waals surface area contributed by atoms with Gasteiger partial charge in [-0.05, 0) is 57.2 Å². The monoisotopic (exact) mass is 349 g/mol. The Bertz CT molecular complexity index is 809. The van der Waals surface area contributed by atoms with Crippen molar-refractivity contribution in [1.82, 2.24) is 9.97 Å². The fourth-order valence-corrected chi connectivity index (χ4v) is 3.40. The highest BCUT2D eigenvalue weighted by atomic mass is 15.3. The van der Waals surface area contributed by atoms with Crippen LogP contribution in [0.4, 0.5) is 17.5 Å². The van der Waals surface area contributed by atoms with E-state index < -0.39 is 0 Å². The maximum atomic E-state index is 9.25. The number of unbranched alkanes of at least 4 members (excludes halogenated alkanes) is 1. The van der Waals surface area contributed by atoms with Crippen molar-refractivity contribution in [2.45, 2.75) is 58.9 Å². The Morgan fingerprint density at radius 3 is 2.85 bits per heavy atom. The van der Waals surface area contributed by atoms with Crippen molar-refractivity contribution in [3.05, 3.63) is 41.1 Å². The molecule has 1 fully saturated rings. The zero-order valence-corrected chi connectivity index (χ0v) is 15.9. The Morgan fingerprint density at radius 1 is 1.31 bits per heavy atom. The average molecular weight is 349 g/mol. The molecule has 0 saturated carbocycles. The molecule has 136 valence electrons. The van der Waals surface area contributed by atoms with E-state index in [1.54, 1.807) is 0 Å². The number of aromatic nitrogens is 2. The van der Waals surface area contributed by atoms with E-state index in [-0.39, 0.29) is 0 Å². The molecule has 1 atom stereocenters. The summed E-state index contributed by atoms with van der Waals surface area (Å²) in [6.07, 6.45) is 5.64. The van der Waals surface area contributed by atoms with Crippen molar-refractivity contribution in [2.75, 3.05) is 16.8 Å². The molecule has 1 N–H and O–H groups in total. The van der Waals surface area contributed by atoms with Gasteiger partial charge < -0.3 is 10.2 Å². The molecule has 0 unspecified atom stereocenters. The molecule has 26 heavy (non-hydrogen) atoms. The van der Waals surface area contributed by atoms with Crippen molar-refractivity contribution in [2.24, 2.45) is 0 Å². The SMILES string of the molecule is CCCCc1cc(N2CCC[C@H]2C)nc(Nc2ccc(C)c(C#N)c2)n1. The molecule has 2 aromatic rings. The van der Waals surface area contributed by atoms with Crippen LogP contribution in [0.1, 0.15) is 56.4 Å². The third-order valence-electron chi connectivity index (χ3n) is 5.01. The number of aryl methyl sites for hydroxylation is 2. The standard InChI is InChI=1S/C21H27N5/c1-4-5-8-18-13-20(26-11-6-7-16(26)3)25-21(23-18)24-19-10-9-15(2)17(12-19)14-22/h9-10,12-13,16H,4-8,11H2,1-3H3,(H,23,24,25)/t16-/m1/s1. The van der Waals surface area contributed by atoms with Crippen LogP contribution in [0.3, 0.4) is 0 Å². The van der Waals surface area contributed by atoms with Gasteiger partial charge in [0, 0.05) is 30.0 Å². The number of rotatable bonds is 6. The fraction of sp³-hybridized carbons (Fsp3) is 0.476. The molecule has 5 nitrogen and oxygen atoms in total. The fourth-order valence-electron chi connectivity index (χ4n) is 3.40. The average Bonchev–Trinajstić information content (AvgIpc) is 3.07. The Kier molecular flexibility index (Phi) is 5.72. The van der Waals surface area contributed by atoms with Crippen LogP contribution in [-0.4, -0.2) is 22.6 Å². The third kappa shape index (κ3) is 4.13. The Labute approximate surface area is 156 Å². The van der Waals surface area contributed by atoms with Crippen molar-refractivity contribution in [1.29, 1.82) is 5.26 Å². The van der Waals surface area contributed by atoms with E-state index in [0.29, 0.717) is 17.6 Å². The van der Waals surface area contributed by atoms with Crippen LogP contribution in [0.15, 0.2) is 24.3 Å². The quantitative estimate of drug-likeness (QED) is 0.816. The summed E-state index contributed by atoms with van der Waals surface area (Å²) in [4.78, 5) is 11.8. The molecular weight excluding hydrogens is 322 g/mol. The van der Waals surface area contributed by atoms with Crippen molar-refractivity contribution in [3.63, 3.8) is 0 Å². The first-order chi connectivity index (χ1) is 12.6. The molecule has 3 rings (SSSR count). The summed E-state index contributed by atoms with van der Waals surface area (Å²) >= 11 is 0. The summed E-state index contributed by atoms with van der Waals surface area (Å²) in [6.45, 7) is 7.44.